The molecule has 0 saturated carbocycles. The van der Waals surface area contributed by atoms with Gasteiger partial charge in [-0.25, -0.2) is 0 Å². The Hall–Kier alpha value is -3.68. The Morgan fingerprint density at radius 2 is 1.63 bits per heavy atom. The Kier molecular flexibility index (Phi) is 5.22. The Bertz CT molecular complexity index is 1050. The number of hydrogen-bond acceptors (Lipinski definition) is 7. The Morgan fingerprint density at radius 1 is 0.967 bits per heavy atom. The van der Waals surface area contributed by atoms with Crippen LogP contribution in [0.15, 0.2) is 36.4 Å². The van der Waals surface area contributed by atoms with Crippen LogP contribution in [0.4, 0.5) is 0 Å². The van der Waals surface area contributed by atoms with Crippen LogP contribution in [0.3, 0.4) is 0 Å². The number of ether oxygens (including phenoxy) is 5. The van der Waals surface area contributed by atoms with Gasteiger partial charge in [0.15, 0.2) is 11.5 Å². The standard InChI is InChI=1S/C22H22N2O6/c1-26-14-7-5-12(6-8-14)20-19-15(11-18(25)30-22(19)24-23-20)13-9-16(27-2)21(29-4)17(10-13)28-3/h5-10,15H,11H2,1-4H3,(H,23,24). The highest BCUT2D eigenvalue weighted by molar-refractivity contribution is 5.80. The minimum absolute atomic E-state index is 0.161. The van der Waals surface area contributed by atoms with Crippen molar-refractivity contribution < 1.29 is 28.5 Å². The van der Waals surface area contributed by atoms with Gasteiger partial charge in [0.2, 0.25) is 11.6 Å². The number of H-pyrrole nitrogens is 1. The van der Waals surface area contributed by atoms with Crippen molar-refractivity contribution in [2.75, 3.05) is 28.4 Å². The predicted octanol–water partition coefficient (Wildman–Crippen LogP) is 3.55. The van der Waals surface area contributed by atoms with Crippen molar-refractivity contribution in [2.24, 2.45) is 0 Å². The van der Waals surface area contributed by atoms with Crippen LogP contribution in [0.1, 0.15) is 23.5 Å². The van der Waals surface area contributed by atoms with Crippen LogP contribution < -0.4 is 23.7 Å². The zero-order chi connectivity index (χ0) is 21.3. The molecule has 156 valence electrons. The summed E-state index contributed by atoms with van der Waals surface area (Å²) in [6.45, 7) is 0. The van der Waals surface area contributed by atoms with E-state index in [-0.39, 0.29) is 24.2 Å². The average Bonchev–Trinajstić information content (AvgIpc) is 3.21. The van der Waals surface area contributed by atoms with Crippen molar-refractivity contribution in [1.82, 2.24) is 10.2 Å². The van der Waals surface area contributed by atoms with Gasteiger partial charge in [-0.15, -0.1) is 5.10 Å². The third-order valence-electron chi connectivity index (χ3n) is 5.17. The van der Waals surface area contributed by atoms with E-state index in [1.807, 2.05) is 36.4 Å². The number of carbonyl (C=O) groups is 1. The van der Waals surface area contributed by atoms with Crippen LogP contribution >= 0.6 is 0 Å². The quantitative estimate of drug-likeness (QED) is 0.621. The molecule has 1 N–H and O–H groups in total. The van der Waals surface area contributed by atoms with E-state index >= 15 is 0 Å². The molecule has 0 bridgehead atoms. The normalized spacial score (nSPS) is 15.2. The average molecular weight is 410 g/mol. The molecular formula is C22H22N2O6. The number of aromatic amines is 1. The topological polar surface area (TPSA) is 91.9 Å². The van der Waals surface area contributed by atoms with Gasteiger partial charge in [-0.05, 0) is 42.0 Å². The Labute approximate surface area is 173 Å². The van der Waals surface area contributed by atoms with E-state index in [1.165, 1.54) is 0 Å². The van der Waals surface area contributed by atoms with E-state index in [2.05, 4.69) is 10.2 Å². The molecule has 8 nitrogen and oxygen atoms in total. The second kappa shape index (κ2) is 7.98. The van der Waals surface area contributed by atoms with Gasteiger partial charge in [0.05, 0.1) is 46.1 Å². The van der Waals surface area contributed by atoms with E-state index in [0.29, 0.717) is 17.2 Å². The number of benzene rings is 2. The highest BCUT2D eigenvalue weighted by Crippen LogP contribution is 2.47. The van der Waals surface area contributed by atoms with Crippen molar-refractivity contribution in [3.8, 4) is 40.1 Å². The summed E-state index contributed by atoms with van der Waals surface area (Å²) in [7, 11) is 6.28. The van der Waals surface area contributed by atoms with Gasteiger partial charge in [-0.1, -0.05) is 0 Å². The zero-order valence-corrected chi connectivity index (χ0v) is 17.1. The minimum Gasteiger partial charge on any atom is -0.497 e. The molecule has 0 aliphatic carbocycles. The molecule has 1 atom stereocenters. The molecule has 0 spiro atoms. The molecular weight excluding hydrogens is 388 g/mol. The van der Waals surface area contributed by atoms with Gasteiger partial charge >= 0.3 is 5.97 Å². The van der Waals surface area contributed by atoms with Crippen molar-refractivity contribution >= 4 is 5.97 Å². The summed E-state index contributed by atoms with van der Waals surface area (Å²) in [4.78, 5) is 12.3. The first-order chi connectivity index (χ1) is 14.6. The van der Waals surface area contributed by atoms with E-state index in [1.54, 1.807) is 28.4 Å². The first-order valence-electron chi connectivity index (χ1n) is 9.32. The maximum Gasteiger partial charge on any atom is 0.313 e. The lowest BCUT2D eigenvalue weighted by atomic mass is 9.85. The van der Waals surface area contributed by atoms with Crippen molar-refractivity contribution in [1.29, 1.82) is 0 Å². The number of nitrogens with zero attached hydrogens (tertiary/aromatic N) is 1. The van der Waals surface area contributed by atoms with Crippen LogP contribution in [-0.2, 0) is 4.79 Å². The molecule has 30 heavy (non-hydrogen) atoms. The Morgan fingerprint density at radius 3 is 2.20 bits per heavy atom. The monoisotopic (exact) mass is 410 g/mol. The number of methoxy groups -OCH3 is 4. The first kappa shape index (κ1) is 19.6. The summed E-state index contributed by atoms with van der Waals surface area (Å²) >= 11 is 0. The third kappa shape index (κ3) is 3.30. The lowest BCUT2D eigenvalue weighted by molar-refractivity contribution is -0.135. The fourth-order valence-corrected chi connectivity index (χ4v) is 3.72. The lowest BCUT2D eigenvalue weighted by Gasteiger charge is -2.24. The van der Waals surface area contributed by atoms with E-state index < -0.39 is 0 Å². The van der Waals surface area contributed by atoms with E-state index in [0.717, 1.165) is 28.1 Å². The SMILES string of the molecule is COc1ccc(-c2[nH]nc3c2C(c2cc(OC)c(OC)c(OC)c2)CC(=O)O3)cc1. The number of nitrogens with one attached hydrogen (secondary N) is 1. The summed E-state index contributed by atoms with van der Waals surface area (Å²) in [6.07, 6.45) is 0.161. The molecule has 1 aliphatic rings. The smallest absolute Gasteiger partial charge is 0.313 e. The molecule has 0 fully saturated rings. The predicted molar refractivity (Wildman–Crippen MR) is 109 cm³/mol. The molecule has 3 aromatic rings. The zero-order valence-electron chi connectivity index (χ0n) is 17.1. The number of aromatic nitrogens is 2. The maximum absolute atomic E-state index is 12.3. The van der Waals surface area contributed by atoms with E-state index in [4.69, 9.17) is 23.7 Å². The second-order valence-electron chi connectivity index (χ2n) is 6.74. The van der Waals surface area contributed by atoms with E-state index in [9.17, 15) is 4.79 Å². The van der Waals surface area contributed by atoms with Gasteiger partial charge < -0.3 is 23.7 Å². The molecule has 4 rings (SSSR count). The van der Waals surface area contributed by atoms with Crippen LogP contribution in [0.5, 0.6) is 28.9 Å². The maximum atomic E-state index is 12.3. The molecule has 1 aliphatic heterocycles. The molecule has 0 saturated heterocycles. The summed E-state index contributed by atoms with van der Waals surface area (Å²) in [5.74, 6) is 1.89. The molecule has 8 heteroatoms. The first-order valence-corrected chi connectivity index (χ1v) is 9.32. The number of esters is 1. The molecule has 2 aromatic carbocycles. The summed E-state index contributed by atoms with van der Waals surface area (Å²) in [5, 5.41) is 7.25. The number of fused-ring (bicyclic) bond motifs is 1. The summed E-state index contributed by atoms with van der Waals surface area (Å²) < 4.78 is 27.0. The van der Waals surface area contributed by atoms with Crippen LogP contribution in [0.25, 0.3) is 11.3 Å². The Balaban J connectivity index is 1.86. The fraction of sp³-hybridized carbons (Fsp3) is 0.273. The van der Waals surface area contributed by atoms with Crippen molar-refractivity contribution in [3.05, 3.63) is 47.5 Å². The molecule has 0 amide bonds. The number of carbonyl (C=O) groups excluding carboxylic acids is 1. The van der Waals surface area contributed by atoms with Gasteiger partial charge in [0, 0.05) is 11.5 Å². The van der Waals surface area contributed by atoms with Crippen molar-refractivity contribution in [3.63, 3.8) is 0 Å². The van der Waals surface area contributed by atoms with Crippen molar-refractivity contribution in [2.45, 2.75) is 12.3 Å². The molecule has 0 radical (unpaired) electrons. The highest BCUT2D eigenvalue weighted by Gasteiger charge is 2.35. The second-order valence-corrected chi connectivity index (χ2v) is 6.74. The fourth-order valence-electron chi connectivity index (χ4n) is 3.72. The van der Waals surface area contributed by atoms with Crippen LogP contribution in [0, 0.1) is 0 Å². The molecule has 2 heterocycles. The highest BCUT2D eigenvalue weighted by atomic mass is 16.5. The minimum atomic E-state index is -0.353. The third-order valence-corrected chi connectivity index (χ3v) is 5.17. The summed E-state index contributed by atoms with van der Waals surface area (Å²) in [6, 6.07) is 11.3. The number of rotatable bonds is 6. The largest absolute Gasteiger partial charge is 0.497 e. The molecule has 1 aromatic heterocycles. The van der Waals surface area contributed by atoms with Gasteiger partial charge in [0.1, 0.15) is 5.75 Å². The lowest BCUT2D eigenvalue weighted by Crippen LogP contribution is -2.21. The molecule has 1 unspecified atom stereocenters. The van der Waals surface area contributed by atoms with Gasteiger partial charge in [0.25, 0.3) is 0 Å². The van der Waals surface area contributed by atoms with Gasteiger partial charge in [-0.3, -0.25) is 9.89 Å². The number of hydrogen-bond donors (Lipinski definition) is 1. The van der Waals surface area contributed by atoms with Crippen LogP contribution in [0.2, 0.25) is 0 Å². The van der Waals surface area contributed by atoms with Gasteiger partial charge in [-0.2, -0.15) is 0 Å². The summed E-state index contributed by atoms with van der Waals surface area (Å²) in [5.41, 5.74) is 3.31. The van der Waals surface area contributed by atoms with Crippen LogP contribution in [-0.4, -0.2) is 44.6 Å².